The molecule has 0 atom stereocenters. The zero-order valence-corrected chi connectivity index (χ0v) is 4.15. The predicted molar refractivity (Wildman–Crippen MR) is 28.6 cm³/mol. The van der Waals surface area contributed by atoms with Gasteiger partial charge in [0, 0.05) is 5.41 Å². The number of allylic oxidation sites excluding steroid dienone is 4. The molecule has 0 aliphatic heterocycles. The maximum atomic E-state index is 3.07. The molecule has 1 radical (unpaired) electrons. The van der Waals surface area contributed by atoms with Gasteiger partial charge < -0.3 is 0 Å². The summed E-state index contributed by atoms with van der Waals surface area (Å²) in [7, 11) is 0. The molecule has 0 amide bonds. The fraction of sp³-hybridized carbons (Fsp3) is 0.429. The summed E-state index contributed by atoms with van der Waals surface area (Å²) >= 11 is 0. The Morgan fingerprint density at radius 2 is 2.29 bits per heavy atom. The van der Waals surface area contributed by atoms with Gasteiger partial charge in [0.15, 0.2) is 0 Å². The molecule has 0 heteroatoms. The summed E-state index contributed by atoms with van der Waals surface area (Å²) in [5.41, 5.74) is 0.528. The monoisotopic (exact) mass is 91.1 g/mol. The van der Waals surface area contributed by atoms with Crippen molar-refractivity contribution in [3.8, 4) is 0 Å². The number of hydrogen-bond acceptors (Lipinski definition) is 0. The molecule has 1 fully saturated rings. The minimum atomic E-state index is 0.528. The van der Waals surface area contributed by atoms with Crippen molar-refractivity contribution in [1.82, 2.24) is 0 Å². The third kappa shape index (κ3) is 0.365. The Bertz CT molecular complexity index is 122. The van der Waals surface area contributed by atoms with Crippen molar-refractivity contribution >= 4 is 0 Å². The molecule has 0 heterocycles. The summed E-state index contributed by atoms with van der Waals surface area (Å²) in [6.45, 7) is 0. The second kappa shape index (κ2) is 0.835. The molecule has 0 aromatic rings. The van der Waals surface area contributed by atoms with Gasteiger partial charge in [0.05, 0.1) is 0 Å². The van der Waals surface area contributed by atoms with Crippen LogP contribution < -0.4 is 0 Å². The quantitative estimate of drug-likeness (QED) is 0.425. The van der Waals surface area contributed by atoms with Crippen molar-refractivity contribution < 1.29 is 0 Å². The van der Waals surface area contributed by atoms with Crippen LogP contribution in [0.5, 0.6) is 0 Å². The third-order valence-corrected chi connectivity index (χ3v) is 1.71. The summed E-state index contributed by atoms with van der Waals surface area (Å²) in [6, 6.07) is 0. The van der Waals surface area contributed by atoms with Gasteiger partial charge in [-0.3, -0.25) is 0 Å². The van der Waals surface area contributed by atoms with Gasteiger partial charge >= 0.3 is 0 Å². The summed E-state index contributed by atoms with van der Waals surface area (Å²) in [4.78, 5) is 0. The Labute approximate surface area is 43.5 Å². The van der Waals surface area contributed by atoms with Crippen LogP contribution >= 0.6 is 0 Å². The van der Waals surface area contributed by atoms with E-state index in [9.17, 15) is 0 Å². The summed E-state index contributed by atoms with van der Waals surface area (Å²) in [6.07, 6.45) is 12.2. The molecule has 2 aliphatic carbocycles. The van der Waals surface area contributed by atoms with Crippen molar-refractivity contribution in [2.45, 2.75) is 12.8 Å². The van der Waals surface area contributed by atoms with Gasteiger partial charge in [0.1, 0.15) is 0 Å². The summed E-state index contributed by atoms with van der Waals surface area (Å²) in [5.74, 6) is 0. The first-order valence-corrected chi connectivity index (χ1v) is 2.70. The van der Waals surface area contributed by atoms with Crippen molar-refractivity contribution in [2.75, 3.05) is 0 Å². The highest BCUT2D eigenvalue weighted by atomic mass is 14.4. The molecule has 0 bridgehead atoms. The van der Waals surface area contributed by atoms with E-state index >= 15 is 0 Å². The zero-order valence-electron chi connectivity index (χ0n) is 4.15. The van der Waals surface area contributed by atoms with Crippen molar-refractivity contribution in [3.05, 3.63) is 24.3 Å². The average Bonchev–Trinajstić information content (AvgIpc) is 2.15. The van der Waals surface area contributed by atoms with E-state index in [0.29, 0.717) is 5.41 Å². The molecular formula is C7H7. The van der Waals surface area contributed by atoms with Gasteiger partial charge in [-0.2, -0.15) is 0 Å². The predicted octanol–water partition coefficient (Wildman–Crippen LogP) is 1.70. The van der Waals surface area contributed by atoms with Crippen LogP contribution in [0.25, 0.3) is 0 Å². The summed E-state index contributed by atoms with van der Waals surface area (Å²) in [5, 5.41) is 0. The first kappa shape index (κ1) is 3.48. The van der Waals surface area contributed by atoms with Gasteiger partial charge in [-0.25, -0.2) is 0 Å². The highest BCUT2D eigenvalue weighted by Gasteiger charge is 2.38. The van der Waals surface area contributed by atoms with Crippen LogP contribution in [0, 0.1) is 11.5 Å². The molecule has 0 unspecified atom stereocenters. The van der Waals surface area contributed by atoms with E-state index in [1.807, 2.05) is 6.08 Å². The maximum absolute atomic E-state index is 3.07. The highest BCUT2D eigenvalue weighted by Crippen LogP contribution is 2.50. The first-order chi connectivity index (χ1) is 3.41. The second-order valence-corrected chi connectivity index (χ2v) is 2.38. The van der Waals surface area contributed by atoms with Crippen LogP contribution in [0.4, 0.5) is 0 Å². The third-order valence-electron chi connectivity index (χ3n) is 1.71. The van der Waals surface area contributed by atoms with E-state index in [1.54, 1.807) is 0 Å². The molecule has 0 aromatic heterocycles. The Kier molecular flexibility index (Phi) is 0.415. The van der Waals surface area contributed by atoms with Gasteiger partial charge in [-0.15, -0.1) is 0 Å². The fourth-order valence-electron chi connectivity index (χ4n) is 0.932. The van der Waals surface area contributed by atoms with E-state index < -0.39 is 0 Å². The smallest absolute Gasteiger partial charge is 0.00743 e. The standard InChI is InChI=1S/C7H7/c1-2-4-7(3-1)5-6-7/h1,3-4H,5-6H2. The van der Waals surface area contributed by atoms with Crippen molar-refractivity contribution in [3.63, 3.8) is 0 Å². The van der Waals surface area contributed by atoms with Gasteiger partial charge in [-0.05, 0) is 18.9 Å². The van der Waals surface area contributed by atoms with Crippen LogP contribution in [-0.4, -0.2) is 0 Å². The van der Waals surface area contributed by atoms with Crippen molar-refractivity contribution in [1.29, 1.82) is 0 Å². The van der Waals surface area contributed by atoms with Crippen LogP contribution in [-0.2, 0) is 0 Å². The average molecular weight is 91.1 g/mol. The SMILES string of the molecule is [C]1=CC2(C=C1)CC2. The van der Waals surface area contributed by atoms with Gasteiger partial charge in [0.25, 0.3) is 0 Å². The van der Waals surface area contributed by atoms with E-state index in [1.165, 1.54) is 12.8 Å². The van der Waals surface area contributed by atoms with Crippen LogP contribution in [0.2, 0.25) is 0 Å². The van der Waals surface area contributed by atoms with Crippen LogP contribution in [0.1, 0.15) is 12.8 Å². The van der Waals surface area contributed by atoms with E-state index in [2.05, 4.69) is 18.2 Å². The molecule has 2 aliphatic rings. The molecule has 0 aromatic carbocycles. The number of rotatable bonds is 0. The molecule has 2 rings (SSSR count). The Balaban J connectivity index is 2.38. The molecular weight excluding hydrogens is 84.1 g/mol. The highest BCUT2D eigenvalue weighted by molar-refractivity contribution is 5.27. The molecule has 7 heavy (non-hydrogen) atoms. The largest absolute Gasteiger partial charge is 0.0739 e. The van der Waals surface area contributed by atoms with Crippen LogP contribution in [0.3, 0.4) is 0 Å². The summed E-state index contributed by atoms with van der Waals surface area (Å²) < 4.78 is 0. The molecule has 35 valence electrons. The first-order valence-electron chi connectivity index (χ1n) is 2.70. The molecule has 1 spiro atoms. The zero-order chi connectivity index (χ0) is 4.74. The molecule has 1 saturated carbocycles. The minimum absolute atomic E-state index is 0.528. The lowest BCUT2D eigenvalue weighted by Gasteiger charge is -1.90. The minimum Gasteiger partial charge on any atom is -0.0739 e. The van der Waals surface area contributed by atoms with Gasteiger partial charge in [-0.1, -0.05) is 18.2 Å². The molecule has 0 nitrogen and oxygen atoms in total. The van der Waals surface area contributed by atoms with E-state index in [0.717, 1.165) is 0 Å². The lowest BCUT2D eigenvalue weighted by Crippen LogP contribution is -1.80. The Morgan fingerprint density at radius 3 is 2.57 bits per heavy atom. The lowest BCUT2D eigenvalue weighted by atomic mass is 10.1. The Hall–Kier alpha value is -0.520. The Morgan fingerprint density at radius 1 is 1.43 bits per heavy atom. The second-order valence-electron chi connectivity index (χ2n) is 2.38. The lowest BCUT2D eigenvalue weighted by molar-refractivity contribution is 0.873. The topological polar surface area (TPSA) is 0 Å². The maximum Gasteiger partial charge on any atom is 0.00743 e. The van der Waals surface area contributed by atoms with Gasteiger partial charge in [0.2, 0.25) is 0 Å². The van der Waals surface area contributed by atoms with E-state index in [4.69, 9.17) is 0 Å². The van der Waals surface area contributed by atoms with E-state index in [-0.39, 0.29) is 0 Å². The molecule has 0 N–H and O–H groups in total. The number of hydrogen-bond donors (Lipinski definition) is 0. The molecule has 0 saturated heterocycles. The normalized spacial score (nSPS) is 29.7. The fourth-order valence-corrected chi connectivity index (χ4v) is 0.932. The van der Waals surface area contributed by atoms with Crippen LogP contribution in [0.15, 0.2) is 18.2 Å². The van der Waals surface area contributed by atoms with Crippen molar-refractivity contribution in [2.24, 2.45) is 5.41 Å².